The van der Waals surface area contributed by atoms with Gasteiger partial charge in [0.2, 0.25) is 0 Å². The second-order valence-corrected chi connectivity index (χ2v) is 19.7. The Hall–Kier alpha value is 1.21. The number of hydrogen-bond acceptors (Lipinski definition) is 13. The first-order valence-electron chi connectivity index (χ1n) is 16.7. The number of amides is 3. The average Bonchev–Trinajstić information content (AvgIpc) is 2.70. The van der Waals surface area contributed by atoms with Crippen molar-refractivity contribution < 1.29 is 135 Å². The van der Waals surface area contributed by atoms with Gasteiger partial charge in [0.1, 0.15) is 16.8 Å². The Morgan fingerprint density at radius 2 is 0.776 bits per heavy atom. The summed E-state index contributed by atoms with van der Waals surface area (Å²) in [5, 5.41) is 0.461. The quantitative estimate of drug-likeness (QED) is 0.103. The van der Waals surface area contributed by atoms with Gasteiger partial charge in [-0.1, -0.05) is 58.4 Å². The van der Waals surface area contributed by atoms with Crippen molar-refractivity contribution in [2.24, 2.45) is 17.8 Å². The molecule has 0 spiro atoms. The van der Waals surface area contributed by atoms with Gasteiger partial charge in [-0.25, -0.2) is 14.4 Å². The molecule has 3 atom stereocenters. The van der Waals surface area contributed by atoms with Crippen molar-refractivity contribution in [2.45, 2.75) is 168 Å². The van der Waals surface area contributed by atoms with Gasteiger partial charge in [-0.3, -0.25) is 4.18 Å². The third-order valence-electron chi connectivity index (χ3n) is 7.04. The van der Waals surface area contributed by atoms with Gasteiger partial charge in [0.05, 0.1) is 12.4 Å². The molecule has 3 aliphatic rings. The predicted molar refractivity (Wildman–Crippen MR) is 245 cm³/mol. The van der Waals surface area contributed by atoms with Gasteiger partial charge in [0.15, 0.2) is 0 Å². The summed E-state index contributed by atoms with van der Waals surface area (Å²) in [5.74, 6) is 1.07. The third kappa shape index (κ3) is 37.7. The van der Waals surface area contributed by atoms with Crippen LogP contribution in [0.3, 0.4) is 0 Å². The second kappa shape index (κ2) is 34.6. The fourth-order valence-electron chi connectivity index (χ4n) is 4.23. The van der Waals surface area contributed by atoms with Crippen LogP contribution in [0.1, 0.15) is 135 Å². The summed E-state index contributed by atoms with van der Waals surface area (Å²) in [4.78, 5) is 48.9. The number of hydrogen-bond donors (Lipinski definition) is 2. The van der Waals surface area contributed by atoms with E-state index in [9.17, 15) is 27.6 Å². The second-order valence-electron chi connectivity index (χ2n) is 15.9. The van der Waals surface area contributed by atoms with E-state index in [-0.39, 0.29) is 163 Å². The average molecular weight is 964 g/mol. The Morgan fingerprint density at radius 1 is 0.586 bits per heavy atom. The van der Waals surface area contributed by atoms with Crippen molar-refractivity contribution in [3.63, 3.8) is 0 Å². The molecule has 0 aromatic carbocycles. The fraction of sp³-hybridized carbons (Fsp3) is 0.897. The molecule has 3 fully saturated rings. The van der Waals surface area contributed by atoms with Gasteiger partial charge in [0, 0.05) is 110 Å². The van der Waals surface area contributed by atoms with E-state index in [1.165, 1.54) is 11.8 Å². The van der Waals surface area contributed by atoms with E-state index < -0.39 is 33.0 Å². The van der Waals surface area contributed by atoms with E-state index in [1.54, 1.807) is 37.5 Å². The van der Waals surface area contributed by atoms with Crippen LogP contribution in [0.5, 0.6) is 0 Å². The molecular weight excluding hydrogens is 878 g/mol. The first-order chi connectivity index (χ1) is 22.3. The maximum absolute atomic E-state index is 11.6. The van der Waals surface area contributed by atoms with Crippen LogP contribution >= 0.6 is 25.3 Å². The molecule has 3 rings (SSSR count). The Labute approximate surface area is 446 Å². The minimum absolute atomic E-state index is 0. The molecule has 19 heteroatoms. The van der Waals surface area contributed by atoms with Gasteiger partial charge in [-0.2, -0.15) is 33.7 Å². The topological polar surface area (TPSA) is 149 Å². The Morgan fingerprint density at radius 3 is 0.931 bits per heavy atom. The molecule has 350 valence electrons. The van der Waals surface area contributed by atoms with Gasteiger partial charge >= 0.3 is 69.7 Å². The Bertz CT molecular complexity index is 1180. The molecule has 0 radical (unpaired) electrons. The van der Waals surface area contributed by atoms with E-state index in [0.717, 1.165) is 32.4 Å². The number of carbonyl (C=O) groups excluding carboxylic acids is 4. The van der Waals surface area contributed by atoms with Crippen LogP contribution in [0, 0.1) is 55.5 Å². The zero-order chi connectivity index (χ0) is 39.6. The summed E-state index contributed by atoms with van der Waals surface area (Å²) >= 11 is 12.7. The van der Waals surface area contributed by atoms with Crippen LogP contribution in [-0.4, -0.2) is 125 Å². The molecule has 13 nitrogen and oxygen atoms in total. The molecule has 0 aromatic rings. The molecule has 0 aromatic heterocycles. The summed E-state index contributed by atoms with van der Waals surface area (Å²) in [7, 11) is -3.45. The zero-order valence-corrected chi connectivity index (χ0v) is 40.9. The molecule has 58 heavy (non-hydrogen) atoms. The van der Waals surface area contributed by atoms with Crippen molar-refractivity contribution >= 4 is 71.4 Å². The van der Waals surface area contributed by atoms with Gasteiger partial charge in [-0.05, 0) is 76.2 Å². The van der Waals surface area contributed by atoms with E-state index in [4.69, 9.17) is 18.4 Å². The number of ether oxygens (including phenoxy) is 3. The molecule has 3 saturated heterocycles. The zero-order valence-electron chi connectivity index (χ0n) is 33.7. The molecular formula is C39H86ArKN3O10S4. The van der Waals surface area contributed by atoms with E-state index in [2.05, 4.69) is 51.7 Å². The van der Waals surface area contributed by atoms with Gasteiger partial charge in [0.25, 0.3) is 10.1 Å². The standard InChI is InChI=1S/C11H21NO5S.2C10H19NO2S.C2H4OS.6CH4.Ar.K/c1-8(17-18(5,14)15)9-6-12(7-9)10(13)16-11(2,3)4;2*1-7(14)8-5-11(6-8)9(12)13-10(2,3)4;1-2(3)4;;;;;;;;/h8-9H,6-7H2,1-5H3;2*7-8,14H,5-6H2,1-4H3;1H3,(H,3,4);6*1H4;;/q;;;;;;;;;;;+1/p-1. The maximum atomic E-state index is 11.6. The minimum Gasteiger partial charge on any atom is -0.742 e. The SMILES string of the molecule is C.C.C.C.C.C.CC(=O)[S-].CC(OS(C)(=O)=O)C1CN(C(=O)OC(C)(C)C)C1.CC(S)C1CN(C(=O)OC(C)(C)C)C1.CC(S)C1CN(C(=O)OC(C)(C)C)C1.[Ar].[K+]. The normalized spacial score (nSPS) is 16.2. The molecule has 3 amide bonds. The van der Waals surface area contributed by atoms with Crippen LogP contribution < -0.4 is 51.4 Å². The molecule has 3 unspecified atom stereocenters. The smallest absolute Gasteiger partial charge is 0.742 e. The summed E-state index contributed by atoms with van der Waals surface area (Å²) < 4.78 is 42.4. The molecule has 0 aliphatic carbocycles. The van der Waals surface area contributed by atoms with Crippen LogP contribution in [0.2, 0.25) is 0 Å². The van der Waals surface area contributed by atoms with Crippen molar-refractivity contribution in [1.82, 2.24) is 14.7 Å². The first-order valence-corrected chi connectivity index (χ1v) is 19.9. The Kier molecular flexibility index (Phi) is 47.5. The van der Waals surface area contributed by atoms with Crippen LogP contribution in [-0.2, 0) is 45.9 Å². The molecule has 0 saturated carbocycles. The van der Waals surface area contributed by atoms with Gasteiger partial charge < -0.3 is 46.3 Å². The third-order valence-corrected chi connectivity index (χ3v) is 8.54. The maximum Gasteiger partial charge on any atom is 1.00 e. The monoisotopic (exact) mass is 963 g/mol. The molecule has 3 aliphatic heterocycles. The van der Waals surface area contributed by atoms with E-state index >= 15 is 0 Å². The van der Waals surface area contributed by atoms with Crippen LogP contribution in [0.4, 0.5) is 14.4 Å². The summed E-state index contributed by atoms with van der Waals surface area (Å²) in [6.45, 7) is 27.9. The number of rotatable bonds is 5. The first kappa shape index (κ1) is 79.6. The summed E-state index contributed by atoms with van der Waals surface area (Å²) in [5.41, 5.74) is -1.31. The predicted octanol–water partition coefficient (Wildman–Crippen LogP) is 6.46. The number of carbonyl (C=O) groups is 4. The minimum atomic E-state index is -3.45. The summed E-state index contributed by atoms with van der Waals surface area (Å²) in [6.07, 6.45) is -0.178. The number of nitrogens with zero attached hydrogens (tertiary/aromatic N) is 3. The van der Waals surface area contributed by atoms with Crippen LogP contribution in [0.15, 0.2) is 0 Å². The summed E-state index contributed by atoms with van der Waals surface area (Å²) in [6, 6.07) is 0. The number of likely N-dealkylation sites (tertiary alicyclic amines) is 3. The Balaban J connectivity index is -0.0000000799. The molecule has 0 bridgehead atoms. The van der Waals surface area contributed by atoms with Crippen molar-refractivity contribution in [3.05, 3.63) is 0 Å². The van der Waals surface area contributed by atoms with E-state index in [0.29, 0.717) is 35.4 Å². The van der Waals surface area contributed by atoms with Crippen molar-refractivity contribution in [3.8, 4) is 0 Å². The van der Waals surface area contributed by atoms with Crippen molar-refractivity contribution in [2.75, 3.05) is 45.5 Å². The molecule has 0 N–H and O–H groups in total. The largest absolute Gasteiger partial charge is 1.00 e. The number of thiol groups is 2. The van der Waals surface area contributed by atoms with Gasteiger partial charge in [-0.15, -0.1) is 0 Å². The van der Waals surface area contributed by atoms with E-state index in [1.807, 2.05) is 41.5 Å². The molecule has 3 heterocycles. The fourth-order valence-corrected chi connectivity index (χ4v) is 5.31. The van der Waals surface area contributed by atoms with Crippen molar-refractivity contribution in [1.29, 1.82) is 0 Å². The van der Waals surface area contributed by atoms with Crippen LogP contribution in [0.25, 0.3) is 0 Å².